The van der Waals surface area contributed by atoms with Crippen LogP contribution in [0.25, 0.3) is 0 Å². The van der Waals surface area contributed by atoms with Crippen molar-refractivity contribution < 1.29 is 4.74 Å². The molecular weight excluding hydrogens is 226 g/mol. The van der Waals surface area contributed by atoms with Gasteiger partial charge in [0.15, 0.2) is 0 Å². The van der Waals surface area contributed by atoms with Crippen molar-refractivity contribution in [1.29, 1.82) is 0 Å². The molecule has 1 N–H and O–H groups in total. The van der Waals surface area contributed by atoms with E-state index in [4.69, 9.17) is 4.74 Å². The Morgan fingerprint density at radius 2 is 2.17 bits per heavy atom. The van der Waals surface area contributed by atoms with E-state index in [-0.39, 0.29) is 5.60 Å². The van der Waals surface area contributed by atoms with E-state index in [2.05, 4.69) is 41.8 Å². The van der Waals surface area contributed by atoms with Gasteiger partial charge in [0.2, 0.25) is 5.95 Å². The maximum atomic E-state index is 5.80. The second-order valence-electron chi connectivity index (χ2n) is 6.29. The Morgan fingerprint density at radius 1 is 1.39 bits per heavy atom. The molecule has 0 bridgehead atoms. The van der Waals surface area contributed by atoms with Crippen LogP contribution < -0.4 is 5.32 Å². The Balaban J connectivity index is 1.81. The number of aryl methyl sites for hydroxylation is 1. The molecule has 0 amide bonds. The molecule has 4 nitrogen and oxygen atoms in total. The van der Waals surface area contributed by atoms with Gasteiger partial charge < -0.3 is 14.6 Å². The second-order valence-corrected chi connectivity index (χ2v) is 6.29. The van der Waals surface area contributed by atoms with Gasteiger partial charge in [0.05, 0.1) is 11.3 Å². The van der Waals surface area contributed by atoms with E-state index in [9.17, 15) is 0 Å². The number of hydrogen-bond donors (Lipinski definition) is 1. The number of nitrogens with one attached hydrogen (secondary N) is 1. The lowest BCUT2D eigenvalue weighted by atomic mass is 9.94. The number of anilines is 1. The average molecular weight is 249 g/mol. The molecule has 1 aliphatic heterocycles. The fourth-order valence-electron chi connectivity index (χ4n) is 2.75. The highest BCUT2D eigenvalue weighted by Crippen LogP contribution is 2.35. The van der Waals surface area contributed by atoms with Gasteiger partial charge in [-0.1, -0.05) is 0 Å². The van der Waals surface area contributed by atoms with Crippen molar-refractivity contribution in [3.05, 3.63) is 11.9 Å². The number of hydrogen-bond acceptors (Lipinski definition) is 3. The van der Waals surface area contributed by atoms with Gasteiger partial charge in [0.1, 0.15) is 0 Å². The van der Waals surface area contributed by atoms with Crippen molar-refractivity contribution in [1.82, 2.24) is 9.55 Å². The van der Waals surface area contributed by atoms with E-state index in [0.29, 0.717) is 12.1 Å². The zero-order valence-electron chi connectivity index (χ0n) is 11.6. The van der Waals surface area contributed by atoms with Gasteiger partial charge in [-0.25, -0.2) is 4.98 Å². The predicted molar refractivity (Wildman–Crippen MR) is 71.9 cm³/mol. The molecule has 1 unspecified atom stereocenters. The van der Waals surface area contributed by atoms with Gasteiger partial charge in [0, 0.05) is 24.9 Å². The maximum Gasteiger partial charge on any atom is 0.203 e. The number of nitrogens with zero attached hydrogens (tertiary/aromatic N) is 2. The van der Waals surface area contributed by atoms with E-state index in [1.54, 1.807) is 0 Å². The highest BCUT2D eigenvalue weighted by molar-refractivity contribution is 5.33. The molecule has 1 saturated heterocycles. The van der Waals surface area contributed by atoms with E-state index in [1.807, 2.05) is 0 Å². The lowest BCUT2D eigenvalue weighted by molar-refractivity contribution is -0.0688. The van der Waals surface area contributed by atoms with Gasteiger partial charge in [-0.15, -0.1) is 0 Å². The number of aromatic nitrogens is 2. The highest BCUT2D eigenvalue weighted by atomic mass is 16.5. The molecule has 2 heterocycles. The minimum absolute atomic E-state index is 0.0159. The minimum Gasteiger partial charge on any atom is -0.375 e. The Morgan fingerprint density at radius 3 is 2.83 bits per heavy atom. The van der Waals surface area contributed by atoms with E-state index in [1.165, 1.54) is 12.8 Å². The normalized spacial score (nSPS) is 27.2. The van der Waals surface area contributed by atoms with E-state index >= 15 is 0 Å². The summed E-state index contributed by atoms with van der Waals surface area (Å²) in [4.78, 5) is 4.62. The molecule has 1 aromatic rings. The topological polar surface area (TPSA) is 39.1 Å². The summed E-state index contributed by atoms with van der Waals surface area (Å²) < 4.78 is 8.13. The van der Waals surface area contributed by atoms with Crippen LogP contribution in [0, 0.1) is 6.92 Å². The van der Waals surface area contributed by atoms with Crippen LogP contribution in [-0.4, -0.2) is 27.8 Å². The molecule has 1 atom stereocenters. The largest absolute Gasteiger partial charge is 0.375 e. The van der Waals surface area contributed by atoms with Crippen LogP contribution >= 0.6 is 0 Å². The van der Waals surface area contributed by atoms with Crippen LogP contribution in [0.2, 0.25) is 0 Å². The van der Waals surface area contributed by atoms with Crippen molar-refractivity contribution >= 4 is 5.95 Å². The van der Waals surface area contributed by atoms with Crippen LogP contribution in [-0.2, 0) is 4.74 Å². The molecule has 1 saturated carbocycles. The third-order valence-corrected chi connectivity index (χ3v) is 3.83. The molecule has 1 aliphatic carbocycles. The molecule has 1 aromatic heterocycles. The molecule has 0 spiro atoms. The third-order valence-electron chi connectivity index (χ3n) is 3.83. The fourth-order valence-corrected chi connectivity index (χ4v) is 2.75. The van der Waals surface area contributed by atoms with E-state index in [0.717, 1.165) is 31.1 Å². The monoisotopic (exact) mass is 249 g/mol. The summed E-state index contributed by atoms with van der Waals surface area (Å²) in [6.45, 7) is 7.27. The lowest BCUT2D eigenvalue weighted by Gasteiger charge is -2.36. The van der Waals surface area contributed by atoms with Crippen molar-refractivity contribution in [3.63, 3.8) is 0 Å². The van der Waals surface area contributed by atoms with Crippen molar-refractivity contribution in [2.75, 3.05) is 11.9 Å². The fraction of sp³-hybridized carbons (Fsp3) is 0.786. The number of ether oxygens (including phenoxy) is 1. The van der Waals surface area contributed by atoms with Crippen LogP contribution in [0.5, 0.6) is 0 Å². The Bertz CT molecular complexity index is 434. The first-order valence-electron chi connectivity index (χ1n) is 6.99. The third kappa shape index (κ3) is 2.53. The van der Waals surface area contributed by atoms with Gasteiger partial charge in [0.25, 0.3) is 0 Å². The Hall–Kier alpha value is -1.03. The predicted octanol–water partition coefficient (Wildman–Crippen LogP) is 2.90. The van der Waals surface area contributed by atoms with Gasteiger partial charge >= 0.3 is 0 Å². The van der Waals surface area contributed by atoms with Gasteiger partial charge in [-0.05, 0) is 46.5 Å². The molecule has 2 aliphatic rings. The molecule has 0 aromatic carbocycles. The van der Waals surface area contributed by atoms with Crippen LogP contribution in [0.3, 0.4) is 0 Å². The number of imidazole rings is 1. The summed E-state index contributed by atoms with van der Waals surface area (Å²) in [5.41, 5.74) is 1.08. The lowest BCUT2D eigenvalue weighted by Crippen LogP contribution is -2.35. The molecule has 4 heteroatoms. The first-order chi connectivity index (χ1) is 8.53. The molecule has 0 radical (unpaired) electrons. The summed E-state index contributed by atoms with van der Waals surface area (Å²) in [6, 6.07) is 1.16. The summed E-state index contributed by atoms with van der Waals surface area (Å²) in [5.74, 6) is 1.05. The molecule has 100 valence electrons. The summed E-state index contributed by atoms with van der Waals surface area (Å²) in [5, 5.41) is 3.54. The van der Waals surface area contributed by atoms with Crippen molar-refractivity contribution in [2.24, 2.45) is 0 Å². The first kappa shape index (κ1) is 12.0. The van der Waals surface area contributed by atoms with Crippen LogP contribution in [0.1, 0.15) is 51.3 Å². The molecule has 3 rings (SSSR count). The quantitative estimate of drug-likeness (QED) is 0.895. The summed E-state index contributed by atoms with van der Waals surface area (Å²) >= 11 is 0. The maximum absolute atomic E-state index is 5.80. The Kier molecular flexibility index (Phi) is 2.85. The van der Waals surface area contributed by atoms with Crippen LogP contribution in [0.4, 0.5) is 5.95 Å². The SMILES string of the molecule is Cc1cn(C2CCOC(C)(C)C2)c(NC2CC2)n1. The van der Waals surface area contributed by atoms with Crippen molar-refractivity contribution in [3.8, 4) is 0 Å². The van der Waals surface area contributed by atoms with E-state index < -0.39 is 0 Å². The summed E-state index contributed by atoms with van der Waals surface area (Å²) in [6.07, 6.45) is 6.88. The minimum atomic E-state index is -0.0159. The molecular formula is C14H23N3O. The highest BCUT2D eigenvalue weighted by Gasteiger charge is 2.32. The standard InChI is InChI=1S/C14H23N3O/c1-10-9-17(13(15-10)16-11-4-5-11)12-6-7-18-14(2,3)8-12/h9,11-12H,4-8H2,1-3H3,(H,15,16). The van der Waals surface area contributed by atoms with Gasteiger partial charge in [-0.2, -0.15) is 0 Å². The zero-order chi connectivity index (χ0) is 12.8. The summed E-state index contributed by atoms with van der Waals surface area (Å²) in [7, 11) is 0. The number of rotatable bonds is 3. The smallest absolute Gasteiger partial charge is 0.203 e. The first-order valence-corrected chi connectivity index (χ1v) is 6.99. The molecule has 2 fully saturated rings. The average Bonchev–Trinajstić information content (AvgIpc) is 3.00. The zero-order valence-corrected chi connectivity index (χ0v) is 11.6. The van der Waals surface area contributed by atoms with Crippen LogP contribution in [0.15, 0.2) is 6.20 Å². The Labute approximate surface area is 109 Å². The second kappa shape index (κ2) is 4.26. The molecule has 18 heavy (non-hydrogen) atoms. The van der Waals surface area contributed by atoms with Crippen molar-refractivity contribution in [2.45, 2.75) is 64.1 Å². The van der Waals surface area contributed by atoms with Gasteiger partial charge in [-0.3, -0.25) is 0 Å².